The maximum Gasteiger partial charge on any atom is 0.223 e. The molecule has 5 nitrogen and oxygen atoms in total. The van der Waals surface area contributed by atoms with Crippen molar-refractivity contribution in [3.63, 3.8) is 0 Å². The van der Waals surface area contributed by atoms with Crippen molar-refractivity contribution < 1.29 is 14.4 Å². The molecule has 3 unspecified atom stereocenters. The van der Waals surface area contributed by atoms with Gasteiger partial charge in [0.1, 0.15) is 0 Å². The third-order valence-corrected chi connectivity index (χ3v) is 13.6. The molecule has 4 saturated carbocycles. The first kappa shape index (κ1) is 26.9. The van der Waals surface area contributed by atoms with Crippen LogP contribution in [0.3, 0.4) is 0 Å². The fourth-order valence-electron chi connectivity index (χ4n) is 10.9. The lowest BCUT2D eigenvalue weighted by Gasteiger charge is -2.70. The standard InChI is InChI=1S/C32H50N2O3/c1-19(35)34-24-10-11-30(6)23(27(24,2)3)9-12-32(8)25(30)22(36)17-20-21-18-29(5,26(33)37)14-13-28(21,4)15-16-31(20,32)7/h17,21,23-25H,9-16,18H2,1-8H3,(H2,33,37)(H,34,35)/t21-,23?,24?,25?,28+,29-,30-,31+,32+/m0/s1. The van der Waals surface area contributed by atoms with Crippen LogP contribution >= 0.6 is 0 Å². The summed E-state index contributed by atoms with van der Waals surface area (Å²) in [5.41, 5.74) is 6.55. The summed E-state index contributed by atoms with van der Waals surface area (Å²) in [7, 11) is 0. The molecule has 0 saturated heterocycles. The third-order valence-electron chi connectivity index (χ3n) is 13.6. The molecule has 5 heteroatoms. The van der Waals surface area contributed by atoms with Gasteiger partial charge in [0, 0.05) is 24.3 Å². The Balaban J connectivity index is 1.58. The van der Waals surface area contributed by atoms with E-state index in [0.29, 0.717) is 11.7 Å². The van der Waals surface area contributed by atoms with Crippen LogP contribution in [0.1, 0.15) is 113 Å². The fraction of sp³-hybridized carbons (Fsp3) is 0.844. The van der Waals surface area contributed by atoms with Crippen molar-refractivity contribution in [2.24, 2.45) is 56.0 Å². The van der Waals surface area contributed by atoms with Gasteiger partial charge >= 0.3 is 0 Å². The lowest BCUT2D eigenvalue weighted by molar-refractivity contribution is -0.189. The predicted octanol–water partition coefficient (Wildman–Crippen LogP) is 5.96. The van der Waals surface area contributed by atoms with E-state index in [1.165, 1.54) is 5.57 Å². The highest BCUT2D eigenvalue weighted by atomic mass is 16.2. The van der Waals surface area contributed by atoms with E-state index < -0.39 is 5.41 Å². The van der Waals surface area contributed by atoms with E-state index in [-0.39, 0.29) is 56.8 Å². The van der Waals surface area contributed by atoms with Crippen molar-refractivity contribution in [2.75, 3.05) is 0 Å². The molecule has 37 heavy (non-hydrogen) atoms. The zero-order valence-electron chi connectivity index (χ0n) is 24.6. The van der Waals surface area contributed by atoms with E-state index in [1.54, 1.807) is 6.92 Å². The predicted molar refractivity (Wildman–Crippen MR) is 146 cm³/mol. The second-order valence-corrected chi connectivity index (χ2v) is 15.7. The van der Waals surface area contributed by atoms with Crippen LogP contribution in [0.5, 0.6) is 0 Å². The minimum absolute atomic E-state index is 0.0134. The molecular formula is C32H50N2O3. The molecule has 5 rings (SSSR count). The van der Waals surface area contributed by atoms with Crippen LogP contribution in [-0.2, 0) is 14.4 Å². The molecule has 4 fully saturated rings. The van der Waals surface area contributed by atoms with Crippen LogP contribution in [0.4, 0.5) is 0 Å². The van der Waals surface area contributed by atoms with Gasteiger partial charge < -0.3 is 11.1 Å². The molecule has 0 bridgehead atoms. The fourth-order valence-corrected chi connectivity index (χ4v) is 10.9. The van der Waals surface area contributed by atoms with Gasteiger partial charge in [0.05, 0.1) is 0 Å². The van der Waals surface area contributed by atoms with Crippen molar-refractivity contribution in [2.45, 2.75) is 119 Å². The summed E-state index contributed by atoms with van der Waals surface area (Å²) in [4.78, 5) is 38.9. The second-order valence-electron chi connectivity index (χ2n) is 15.7. The molecule has 0 aromatic carbocycles. The van der Waals surface area contributed by atoms with Gasteiger partial charge in [-0.2, -0.15) is 0 Å². The van der Waals surface area contributed by atoms with Crippen LogP contribution in [0.2, 0.25) is 0 Å². The van der Waals surface area contributed by atoms with Crippen LogP contribution in [0.15, 0.2) is 11.6 Å². The zero-order chi connectivity index (χ0) is 27.4. The third kappa shape index (κ3) is 3.43. The molecule has 5 aliphatic rings. The maximum absolute atomic E-state index is 14.4. The van der Waals surface area contributed by atoms with Crippen LogP contribution in [0, 0.1) is 50.2 Å². The minimum atomic E-state index is -0.500. The number of hydrogen-bond acceptors (Lipinski definition) is 3. The molecule has 0 aliphatic heterocycles. The first-order valence-electron chi connectivity index (χ1n) is 14.8. The van der Waals surface area contributed by atoms with Gasteiger partial charge in [-0.25, -0.2) is 0 Å². The second kappa shape index (κ2) is 7.94. The van der Waals surface area contributed by atoms with Crippen molar-refractivity contribution in [1.82, 2.24) is 5.32 Å². The minimum Gasteiger partial charge on any atom is -0.369 e. The Morgan fingerprint density at radius 1 is 0.919 bits per heavy atom. The summed E-state index contributed by atoms with van der Waals surface area (Å²) < 4.78 is 0. The van der Waals surface area contributed by atoms with Crippen LogP contribution in [0.25, 0.3) is 0 Å². The quantitative estimate of drug-likeness (QED) is 0.480. The Kier molecular flexibility index (Phi) is 5.78. The lowest BCUT2D eigenvalue weighted by atomic mass is 9.33. The van der Waals surface area contributed by atoms with Gasteiger partial charge in [-0.05, 0) is 103 Å². The zero-order valence-corrected chi connectivity index (χ0v) is 24.6. The summed E-state index contributed by atoms with van der Waals surface area (Å²) in [6.45, 7) is 17.9. The SMILES string of the molecule is CC(=O)NC1CC[C@@]2(C)C(CC[C@]3(C)C2C(=O)C=C2[C@@H]4C[C@@](C)(C(N)=O)CC[C@]4(C)CC[C@]23C)C1(C)C. The number of carbonyl (C=O) groups excluding carboxylic acids is 3. The molecule has 206 valence electrons. The van der Waals surface area contributed by atoms with Crippen molar-refractivity contribution in [1.29, 1.82) is 0 Å². The number of rotatable bonds is 2. The summed E-state index contributed by atoms with van der Waals surface area (Å²) in [5.74, 6) is 0.758. The molecule has 3 N–H and O–H groups in total. The Bertz CT molecular complexity index is 1080. The number of fused-ring (bicyclic) bond motifs is 7. The number of carbonyl (C=O) groups is 3. The molecule has 5 aliphatic carbocycles. The first-order chi connectivity index (χ1) is 16.9. The number of primary amides is 1. The summed E-state index contributed by atoms with van der Waals surface area (Å²) in [5, 5.41) is 3.25. The molecule has 2 amide bonds. The van der Waals surface area contributed by atoms with Gasteiger partial charge in [0.25, 0.3) is 0 Å². The Labute approximate surface area is 224 Å². The molecule has 0 radical (unpaired) electrons. The average Bonchev–Trinajstić information content (AvgIpc) is 2.78. The highest BCUT2D eigenvalue weighted by molar-refractivity contribution is 5.95. The molecule has 0 aromatic rings. The lowest BCUT2D eigenvalue weighted by Crippen LogP contribution is -2.67. The van der Waals surface area contributed by atoms with E-state index in [4.69, 9.17) is 5.73 Å². The van der Waals surface area contributed by atoms with E-state index in [1.807, 2.05) is 6.92 Å². The maximum atomic E-state index is 14.4. The number of nitrogens with two attached hydrogens (primary N) is 1. The van der Waals surface area contributed by atoms with Crippen LogP contribution in [-0.4, -0.2) is 23.6 Å². The van der Waals surface area contributed by atoms with Crippen molar-refractivity contribution in [3.05, 3.63) is 11.6 Å². The largest absolute Gasteiger partial charge is 0.369 e. The smallest absolute Gasteiger partial charge is 0.223 e. The van der Waals surface area contributed by atoms with E-state index >= 15 is 0 Å². The number of allylic oxidation sites excluding steroid dienone is 2. The molecular weight excluding hydrogens is 460 g/mol. The number of ketones is 1. The monoisotopic (exact) mass is 510 g/mol. The molecule has 0 aromatic heterocycles. The summed E-state index contributed by atoms with van der Waals surface area (Å²) in [6.07, 6.45) is 10.9. The summed E-state index contributed by atoms with van der Waals surface area (Å²) >= 11 is 0. The number of hydrogen-bond donors (Lipinski definition) is 2. The number of amides is 2. The van der Waals surface area contributed by atoms with Gasteiger partial charge in [0.2, 0.25) is 11.8 Å². The van der Waals surface area contributed by atoms with Crippen molar-refractivity contribution >= 4 is 17.6 Å². The van der Waals surface area contributed by atoms with E-state index in [2.05, 4.69) is 52.9 Å². The highest BCUT2D eigenvalue weighted by Gasteiger charge is 2.70. The van der Waals surface area contributed by atoms with Gasteiger partial charge in [-0.3, -0.25) is 14.4 Å². The molecule has 0 heterocycles. The van der Waals surface area contributed by atoms with E-state index in [0.717, 1.165) is 57.8 Å². The van der Waals surface area contributed by atoms with Crippen LogP contribution < -0.4 is 11.1 Å². The Hall–Kier alpha value is -1.65. The Morgan fingerprint density at radius 3 is 2.19 bits per heavy atom. The molecule has 0 spiro atoms. The van der Waals surface area contributed by atoms with Gasteiger partial charge in [0.15, 0.2) is 5.78 Å². The number of nitrogens with one attached hydrogen (secondary N) is 1. The van der Waals surface area contributed by atoms with Gasteiger partial charge in [-0.1, -0.05) is 54.0 Å². The topological polar surface area (TPSA) is 89.3 Å². The summed E-state index contributed by atoms with van der Waals surface area (Å²) in [6, 6.07) is 0.150. The first-order valence-corrected chi connectivity index (χ1v) is 14.8. The van der Waals surface area contributed by atoms with Crippen molar-refractivity contribution in [3.8, 4) is 0 Å². The highest BCUT2D eigenvalue weighted by Crippen LogP contribution is 2.75. The molecule has 9 atom stereocenters. The average molecular weight is 511 g/mol. The van der Waals surface area contributed by atoms with E-state index in [9.17, 15) is 14.4 Å². The normalized spacial score (nSPS) is 50.5. The Morgan fingerprint density at radius 2 is 1.57 bits per heavy atom. The van der Waals surface area contributed by atoms with Gasteiger partial charge in [-0.15, -0.1) is 0 Å².